The molecule has 0 spiro atoms. The molecule has 92 valence electrons. The molecule has 3 N–H and O–H groups in total. The molecule has 0 radical (unpaired) electrons. The van der Waals surface area contributed by atoms with Gasteiger partial charge in [-0.3, -0.25) is 9.59 Å². The second-order valence-corrected chi connectivity index (χ2v) is 4.24. The number of piperidine rings is 1. The first-order chi connectivity index (χ1) is 7.64. The van der Waals surface area contributed by atoms with Crippen LogP contribution in [-0.2, 0) is 9.59 Å². The maximum atomic E-state index is 12.1. The summed E-state index contributed by atoms with van der Waals surface area (Å²) < 4.78 is 0. The summed E-state index contributed by atoms with van der Waals surface area (Å²) in [6.07, 6.45) is 2.53. The summed E-state index contributed by atoms with van der Waals surface area (Å²) in [5.41, 5.74) is -0.279. The Bertz CT molecular complexity index is 260. The van der Waals surface area contributed by atoms with E-state index in [1.165, 1.54) is 0 Å². The van der Waals surface area contributed by atoms with E-state index in [1.54, 1.807) is 7.05 Å². The average Bonchev–Trinajstić information content (AvgIpc) is 2.36. The van der Waals surface area contributed by atoms with E-state index in [4.69, 9.17) is 0 Å². The molecular weight excluding hydrogens is 206 g/mol. The Labute approximate surface area is 96.4 Å². The van der Waals surface area contributed by atoms with Crippen LogP contribution in [0.2, 0.25) is 0 Å². The van der Waals surface area contributed by atoms with Gasteiger partial charge in [0.25, 0.3) is 0 Å². The van der Waals surface area contributed by atoms with Crippen molar-refractivity contribution >= 4 is 11.8 Å². The number of carbonyl (C=O) groups is 2. The molecule has 1 aliphatic rings. The predicted molar refractivity (Wildman–Crippen MR) is 61.9 cm³/mol. The van der Waals surface area contributed by atoms with Crippen molar-refractivity contribution in [1.29, 1.82) is 0 Å². The van der Waals surface area contributed by atoms with Gasteiger partial charge in [-0.05, 0) is 32.4 Å². The molecule has 1 saturated heterocycles. The van der Waals surface area contributed by atoms with Crippen LogP contribution >= 0.6 is 0 Å². The highest BCUT2D eigenvalue weighted by atomic mass is 16.2. The standard InChI is InChI=1S/C11H21N3O2/c1-3-11(4-6-13-7-5-11)10(16)14-8-9(15)12-2/h13H,3-8H2,1-2H3,(H,12,15)(H,14,16). The van der Waals surface area contributed by atoms with Crippen LogP contribution in [0.5, 0.6) is 0 Å². The Balaban J connectivity index is 2.51. The van der Waals surface area contributed by atoms with E-state index >= 15 is 0 Å². The Morgan fingerprint density at radius 3 is 2.44 bits per heavy atom. The van der Waals surface area contributed by atoms with Gasteiger partial charge in [-0.1, -0.05) is 6.92 Å². The number of likely N-dealkylation sites (N-methyl/N-ethyl adjacent to an activating group) is 1. The maximum Gasteiger partial charge on any atom is 0.239 e. The van der Waals surface area contributed by atoms with Gasteiger partial charge in [0.1, 0.15) is 0 Å². The molecule has 1 rings (SSSR count). The molecule has 1 fully saturated rings. The second kappa shape index (κ2) is 5.84. The zero-order valence-electron chi connectivity index (χ0n) is 10.1. The third kappa shape index (κ3) is 2.95. The van der Waals surface area contributed by atoms with Gasteiger partial charge in [0.2, 0.25) is 11.8 Å². The highest BCUT2D eigenvalue weighted by molar-refractivity contribution is 5.87. The summed E-state index contributed by atoms with van der Waals surface area (Å²) in [6, 6.07) is 0. The van der Waals surface area contributed by atoms with Crippen molar-refractivity contribution in [2.45, 2.75) is 26.2 Å². The van der Waals surface area contributed by atoms with E-state index in [1.807, 2.05) is 6.92 Å². The topological polar surface area (TPSA) is 70.2 Å². The van der Waals surface area contributed by atoms with Gasteiger partial charge in [-0.2, -0.15) is 0 Å². The molecule has 5 heteroatoms. The Hall–Kier alpha value is -1.10. The fourth-order valence-electron chi connectivity index (χ4n) is 2.08. The highest BCUT2D eigenvalue weighted by Crippen LogP contribution is 2.32. The van der Waals surface area contributed by atoms with Gasteiger partial charge < -0.3 is 16.0 Å². The summed E-state index contributed by atoms with van der Waals surface area (Å²) in [4.78, 5) is 23.1. The molecule has 0 bridgehead atoms. The molecule has 0 unspecified atom stereocenters. The van der Waals surface area contributed by atoms with E-state index in [-0.39, 0.29) is 23.8 Å². The summed E-state index contributed by atoms with van der Waals surface area (Å²) >= 11 is 0. The van der Waals surface area contributed by atoms with Crippen LogP contribution in [0.15, 0.2) is 0 Å². The van der Waals surface area contributed by atoms with Crippen molar-refractivity contribution < 1.29 is 9.59 Å². The first kappa shape index (κ1) is 13.0. The zero-order valence-corrected chi connectivity index (χ0v) is 10.1. The van der Waals surface area contributed by atoms with Gasteiger partial charge >= 0.3 is 0 Å². The normalized spacial score (nSPS) is 18.9. The molecule has 1 aliphatic heterocycles. The number of hydrogen-bond acceptors (Lipinski definition) is 3. The number of rotatable bonds is 4. The van der Waals surface area contributed by atoms with Crippen molar-refractivity contribution in [3.05, 3.63) is 0 Å². The quantitative estimate of drug-likeness (QED) is 0.613. The lowest BCUT2D eigenvalue weighted by Crippen LogP contribution is -2.49. The number of amides is 2. The van der Waals surface area contributed by atoms with E-state index in [2.05, 4.69) is 16.0 Å². The molecule has 0 aliphatic carbocycles. The summed E-state index contributed by atoms with van der Waals surface area (Å²) in [5, 5.41) is 8.45. The van der Waals surface area contributed by atoms with Crippen molar-refractivity contribution in [3.63, 3.8) is 0 Å². The van der Waals surface area contributed by atoms with E-state index < -0.39 is 0 Å². The van der Waals surface area contributed by atoms with E-state index in [9.17, 15) is 9.59 Å². The van der Waals surface area contributed by atoms with Gasteiger partial charge in [0.15, 0.2) is 0 Å². The number of nitrogens with one attached hydrogen (secondary N) is 3. The molecular formula is C11H21N3O2. The lowest BCUT2D eigenvalue weighted by atomic mass is 9.76. The minimum atomic E-state index is -0.279. The molecule has 0 atom stereocenters. The summed E-state index contributed by atoms with van der Waals surface area (Å²) in [6.45, 7) is 3.86. The van der Waals surface area contributed by atoms with Crippen LogP contribution in [0.25, 0.3) is 0 Å². The highest BCUT2D eigenvalue weighted by Gasteiger charge is 2.37. The first-order valence-electron chi connectivity index (χ1n) is 5.84. The predicted octanol–water partition coefficient (Wildman–Crippen LogP) is -0.372. The zero-order chi connectivity index (χ0) is 12.0. The van der Waals surface area contributed by atoms with Gasteiger partial charge in [0, 0.05) is 7.05 Å². The molecule has 0 aromatic carbocycles. The minimum Gasteiger partial charge on any atom is -0.358 e. The fourth-order valence-corrected chi connectivity index (χ4v) is 2.08. The molecule has 0 aromatic heterocycles. The largest absolute Gasteiger partial charge is 0.358 e. The number of carbonyl (C=O) groups excluding carboxylic acids is 2. The SMILES string of the molecule is CCC1(C(=O)NCC(=O)NC)CCNCC1. The maximum absolute atomic E-state index is 12.1. The molecule has 2 amide bonds. The fraction of sp³-hybridized carbons (Fsp3) is 0.818. The first-order valence-corrected chi connectivity index (χ1v) is 5.84. The van der Waals surface area contributed by atoms with E-state index in [0.29, 0.717) is 0 Å². The Kier molecular flexibility index (Phi) is 4.73. The van der Waals surface area contributed by atoms with Crippen molar-refractivity contribution in [1.82, 2.24) is 16.0 Å². The van der Waals surface area contributed by atoms with Gasteiger partial charge in [0.05, 0.1) is 12.0 Å². The lowest BCUT2D eigenvalue weighted by molar-refractivity contribution is -0.134. The van der Waals surface area contributed by atoms with Crippen LogP contribution in [0, 0.1) is 5.41 Å². The van der Waals surface area contributed by atoms with Crippen LogP contribution in [0.4, 0.5) is 0 Å². The van der Waals surface area contributed by atoms with Crippen LogP contribution in [0.3, 0.4) is 0 Å². The van der Waals surface area contributed by atoms with Crippen LogP contribution < -0.4 is 16.0 Å². The van der Waals surface area contributed by atoms with E-state index in [0.717, 1.165) is 32.4 Å². The molecule has 0 aromatic rings. The summed E-state index contributed by atoms with van der Waals surface area (Å²) in [5.74, 6) is -0.145. The minimum absolute atomic E-state index is 0.0140. The molecule has 16 heavy (non-hydrogen) atoms. The van der Waals surface area contributed by atoms with Crippen molar-refractivity contribution in [2.24, 2.45) is 5.41 Å². The molecule has 1 heterocycles. The smallest absolute Gasteiger partial charge is 0.239 e. The average molecular weight is 227 g/mol. The van der Waals surface area contributed by atoms with Crippen LogP contribution in [-0.4, -0.2) is 38.5 Å². The van der Waals surface area contributed by atoms with Crippen molar-refractivity contribution in [3.8, 4) is 0 Å². The third-order valence-corrected chi connectivity index (χ3v) is 3.41. The Morgan fingerprint density at radius 1 is 1.31 bits per heavy atom. The van der Waals surface area contributed by atoms with Gasteiger partial charge in [-0.25, -0.2) is 0 Å². The second-order valence-electron chi connectivity index (χ2n) is 4.24. The molecule has 0 saturated carbocycles. The Morgan fingerprint density at radius 2 is 1.94 bits per heavy atom. The van der Waals surface area contributed by atoms with Gasteiger partial charge in [-0.15, -0.1) is 0 Å². The monoisotopic (exact) mass is 227 g/mol. The van der Waals surface area contributed by atoms with Crippen LogP contribution in [0.1, 0.15) is 26.2 Å². The van der Waals surface area contributed by atoms with Crippen molar-refractivity contribution in [2.75, 3.05) is 26.7 Å². The number of hydrogen-bond donors (Lipinski definition) is 3. The molecule has 5 nitrogen and oxygen atoms in total. The third-order valence-electron chi connectivity index (χ3n) is 3.41. The lowest BCUT2D eigenvalue weighted by Gasteiger charge is -2.35. The summed E-state index contributed by atoms with van der Waals surface area (Å²) in [7, 11) is 1.56.